The molecule has 0 saturated carbocycles. The van der Waals surface area contributed by atoms with E-state index in [1.807, 2.05) is 29.5 Å². The molecule has 0 amide bonds. The van der Waals surface area contributed by atoms with Gasteiger partial charge in [-0.05, 0) is 13.3 Å². The van der Waals surface area contributed by atoms with Crippen molar-refractivity contribution in [2.24, 2.45) is 12.9 Å². The van der Waals surface area contributed by atoms with Crippen molar-refractivity contribution < 1.29 is 0 Å². The van der Waals surface area contributed by atoms with E-state index < -0.39 is 0 Å². The van der Waals surface area contributed by atoms with Crippen molar-refractivity contribution in [3.63, 3.8) is 0 Å². The van der Waals surface area contributed by atoms with Crippen molar-refractivity contribution in [3.05, 3.63) is 29.6 Å². The van der Waals surface area contributed by atoms with Gasteiger partial charge in [0.05, 0.1) is 11.7 Å². The van der Waals surface area contributed by atoms with Crippen molar-refractivity contribution in [3.8, 4) is 0 Å². The van der Waals surface area contributed by atoms with Crippen molar-refractivity contribution in [1.82, 2.24) is 30.0 Å². The molecule has 7 heteroatoms. The normalized spacial score (nSPS) is 12.8. The number of nitrogens with zero attached hydrogens (tertiary/aromatic N) is 5. The van der Waals surface area contributed by atoms with Crippen LogP contribution in [0.1, 0.15) is 37.0 Å². The van der Waals surface area contributed by atoms with Crippen LogP contribution in [0.2, 0.25) is 0 Å². The van der Waals surface area contributed by atoms with Crippen LogP contribution in [0.15, 0.2) is 12.5 Å². The maximum absolute atomic E-state index is 5.70. The number of aromatic nitrogens is 5. The highest BCUT2D eigenvalue weighted by molar-refractivity contribution is 5.22. The van der Waals surface area contributed by atoms with Crippen molar-refractivity contribution >= 4 is 0 Å². The Morgan fingerprint density at radius 2 is 2.21 bits per heavy atom. The highest BCUT2D eigenvalue weighted by Gasteiger charge is 2.19. The first-order valence-corrected chi connectivity index (χ1v) is 6.54. The monoisotopic (exact) mass is 263 g/mol. The summed E-state index contributed by atoms with van der Waals surface area (Å²) in [5.41, 5.74) is 5.05. The zero-order valence-electron chi connectivity index (χ0n) is 11.7. The lowest BCUT2D eigenvalue weighted by Crippen LogP contribution is -2.31. The number of nitrogens with one attached hydrogen (secondary N) is 1. The van der Waals surface area contributed by atoms with E-state index in [1.165, 1.54) is 0 Å². The van der Waals surface area contributed by atoms with Crippen LogP contribution >= 0.6 is 0 Å². The van der Waals surface area contributed by atoms with Gasteiger partial charge in [-0.2, -0.15) is 10.2 Å². The number of rotatable bonds is 6. The molecule has 3 N–H and O–H groups in total. The van der Waals surface area contributed by atoms with Gasteiger partial charge in [0.15, 0.2) is 0 Å². The fourth-order valence-electron chi connectivity index (χ4n) is 2.27. The van der Waals surface area contributed by atoms with E-state index in [0.29, 0.717) is 6.42 Å². The van der Waals surface area contributed by atoms with Crippen molar-refractivity contribution in [2.75, 3.05) is 0 Å². The Kier molecular flexibility index (Phi) is 4.28. The molecule has 0 fully saturated rings. The van der Waals surface area contributed by atoms with Gasteiger partial charge in [-0.1, -0.05) is 6.92 Å². The Morgan fingerprint density at radius 3 is 2.84 bits per heavy atom. The molecular formula is C12H21N7. The van der Waals surface area contributed by atoms with E-state index in [1.54, 1.807) is 6.33 Å². The zero-order valence-corrected chi connectivity index (χ0v) is 11.7. The fraction of sp³-hybridized carbons (Fsp3) is 0.583. The third kappa shape index (κ3) is 2.82. The van der Waals surface area contributed by atoms with Crippen LogP contribution in [0.4, 0.5) is 0 Å². The number of hydrazine groups is 1. The molecule has 0 radical (unpaired) electrons. The summed E-state index contributed by atoms with van der Waals surface area (Å²) in [7, 11) is 1.92. The van der Waals surface area contributed by atoms with Crippen molar-refractivity contribution in [2.45, 2.75) is 39.3 Å². The molecule has 2 heterocycles. The number of aryl methyl sites for hydroxylation is 3. The Labute approximate surface area is 112 Å². The first-order chi connectivity index (χ1) is 9.19. The first-order valence-electron chi connectivity index (χ1n) is 6.54. The van der Waals surface area contributed by atoms with E-state index in [0.717, 1.165) is 30.0 Å². The summed E-state index contributed by atoms with van der Waals surface area (Å²) in [5, 5.41) is 8.63. The molecule has 0 bridgehead atoms. The van der Waals surface area contributed by atoms with E-state index in [2.05, 4.69) is 27.5 Å². The third-order valence-corrected chi connectivity index (χ3v) is 3.23. The maximum atomic E-state index is 5.70. The van der Waals surface area contributed by atoms with Gasteiger partial charge in [0.1, 0.15) is 12.2 Å². The minimum atomic E-state index is -0.00171. The van der Waals surface area contributed by atoms with Gasteiger partial charge in [-0.25, -0.2) is 4.98 Å². The molecule has 2 rings (SSSR count). The lowest BCUT2D eigenvalue weighted by Gasteiger charge is -2.15. The molecule has 1 atom stereocenters. The van der Waals surface area contributed by atoms with E-state index >= 15 is 0 Å². The number of hydrogen-bond donors (Lipinski definition) is 2. The highest BCUT2D eigenvalue weighted by Crippen LogP contribution is 2.20. The molecule has 0 aliphatic heterocycles. The summed E-state index contributed by atoms with van der Waals surface area (Å²) in [4.78, 5) is 4.29. The Hall–Kier alpha value is -1.73. The van der Waals surface area contributed by atoms with E-state index in [9.17, 15) is 0 Å². The first kappa shape index (κ1) is 13.7. The molecule has 1 unspecified atom stereocenters. The van der Waals surface area contributed by atoms with Crippen LogP contribution in [0.5, 0.6) is 0 Å². The quantitative estimate of drug-likeness (QED) is 0.580. The van der Waals surface area contributed by atoms with Gasteiger partial charge in [-0.15, -0.1) is 0 Å². The number of nitrogens with two attached hydrogens (primary N) is 1. The third-order valence-electron chi connectivity index (χ3n) is 3.23. The lowest BCUT2D eigenvalue weighted by molar-refractivity contribution is 0.507. The molecule has 7 nitrogen and oxygen atoms in total. The Bertz CT molecular complexity index is 528. The van der Waals surface area contributed by atoms with Gasteiger partial charge in [0, 0.05) is 31.8 Å². The molecule has 19 heavy (non-hydrogen) atoms. The summed E-state index contributed by atoms with van der Waals surface area (Å²) < 4.78 is 3.70. The van der Waals surface area contributed by atoms with Crippen LogP contribution < -0.4 is 11.3 Å². The summed E-state index contributed by atoms with van der Waals surface area (Å²) in [6.07, 6.45) is 5.17. The van der Waals surface area contributed by atoms with Gasteiger partial charge < -0.3 is 0 Å². The molecule has 2 aromatic rings. The molecule has 0 aliphatic rings. The summed E-state index contributed by atoms with van der Waals surface area (Å²) in [6.45, 7) is 4.94. The second-order valence-corrected chi connectivity index (χ2v) is 4.47. The van der Waals surface area contributed by atoms with E-state index in [4.69, 9.17) is 5.84 Å². The highest BCUT2D eigenvalue weighted by atomic mass is 15.3. The number of hydrogen-bond acceptors (Lipinski definition) is 5. The lowest BCUT2D eigenvalue weighted by atomic mass is 10.0. The summed E-state index contributed by atoms with van der Waals surface area (Å²) in [5.74, 6) is 6.63. The Morgan fingerprint density at radius 1 is 1.42 bits per heavy atom. The van der Waals surface area contributed by atoms with Gasteiger partial charge in [0.2, 0.25) is 0 Å². The zero-order chi connectivity index (χ0) is 13.8. The Balaban J connectivity index is 2.25. The van der Waals surface area contributed by atoms with Gasteiger partial charge in [-0.3, -0.25) is 20.6 Å². The molecule has 0 spiro atoms. The second-order valence-electron chi connectivity index (χ2n) is 4.47. The summed E-state index contributed by atoms with van der Waals surface area (Å²) >= 11 is 0. The average molecular weight is 263 g/mol. The summed E-state index contributed by atoms with van der Waals surface area (Å²) in [6, 6.07) is -0.00171. The molecule has 0 aromatic carbocycles. The van der Waals surface area contributed by atoms with Crippen LogP contribution in [0.3, 0.4) is 0 Å². The molecule has 0 saturated heterocycles. The average Bonchev–Trinajstić information content (AvgIpc) is 3.01. The van der Waals surface area contributed by atoms with Crippen LogP contribution in [0.25, 0.3) is 0 Å². The van der Waals surface area contributed by atoms with Crippen LogP contribution in [0, 0.1) is 0 Å². The molecule has 104 valence electrons. The topological polar surface area (TPSA) is 86.6 Å². The standard InChI is InChI=1S/C12H21N7/c1-4-10-9(7-18(3)17-10)11(16-13)6-12-14-8-15-19(12)5-2/h7-8,11,16H,4-6,13H2,1-3H3. The second kappa shape index (κ2) is 5.94. The smallest absolute Gasteiger partial charge is 0.138 e. The molecule has 0 aliphatic carbocycles. The van der Waals surface area contributed by atoms with E-state index in [-0.39, 0.29) is 6.04 Å². The predicted molar refractivity (Wildman–Crippen MR) is 72.1 cm³/mol. The molecular weight excluding hydrogens is 242 g/mol. The fourth-order valence-corrected chi connectivity index (χ4v) is 2.27. The minimum Gasteiger partial charge on any atom is -0.275 e. The van der Waals surface area contributed by atoms with Gasteiger partial charge >= 0.3 is 0 Å². The van der Waals surface area contributed by atoms with Crippen molar-refractivity contribution in [1.29, 1.82) is 0 Å². The van der Waals surface area contributed by atoms with Crippen LogP contribution in [-0.2, 0) is 26.4 Å². The molecule has 2 aromatic heterocycles. The SMILES string of the molecule is CCc1nn(C)cc1C(Cc1ncnn1CC)NN. The van der Waals surface area contributed by atoms with Gasteiger partial charge in [0.25, 0.3) is 0 Å². The largest absolute Gasteiger partial charge is 0.275 e. The van der Waals surface area contributed by atoms with Crippen LogP contribution in [-0.4, -0.2) is 24.5 Å². The minimum absolute atomic E-state index is 0.00171. The maximum Gasteiger partial charge on any atom is 0.138 e. The predicted octanol–water partition coefficient (Wildman–Crippen LogP) is 0.341.